The molecule has 0 saturated carbocycles. The Bertz CT molecular complexity index is 1210. The van der Waals surface area contributed by atoms with Gasteiger partial charge in [0.15, 0.2) is 0 Å². The van der Waals surface area contributed by atoms with Gasteiger partial charge in [-0.3, -0.25) is 4.79 Å². The lowest BCUT2D eigenvalue weighted by molar-refractivity contribution is -0.137. The van der Waals surface area contributed by atoms with E-state index in [4.69, 9.17) is 0 Å². The second kappa shape index (κ2) is 7.20. The van der Waals surface area contributed by atoms with Crippen molar-refractivity contribution >= 4 is 10.9 Å². The van der Waals surface area contributed by atoms with Crippen molar-refractivity contribution in [2.75, 3.05) is 0 Å². The first-order valence-corrected chi connectivity index (χ1v) is 9.04. The van der Waals surface area contributed by atoms with Crippen LogP contribution in [0.1, 0.15) is 35.2 Å². The molecule has 2 heterocycles. The molecule has 0 fully saturated rings. The SMILES string of the molecule is CCc1cc2cc(C(c3cccc(C(F)(F)F)c3)n3cnnc3)ccc2[nH]c1=O. The van der Waals surface area contributed by atoms with E-state index in [2.05, 4.69) is 15.2 Å². The number of aromatic amines is 1. The zero-order chi connectivity index (χ0) is 20.6. The van der Waals surface area contributed by atoms with E-state index in [1.807, 2.05) is 19.1 Å². The van der Waals surface area contributed by atoms with Gasteiger partial charge in [-0.1, -0.05) is 25.1 Å². The first-order chi connectivity index (χ1) is 13.9. The van der Waals surface area contributed by atoms with Crippen molar-refractivity contribution in [3.05, 3.63) is 93.8 Å². The smallest absolute Gasteiger partial charge is 0.322 e. The third-order valence-corrected chi connectivity index (χ3v) is 4.91. The lowest BCUT2D eigenvalue weighted by atomic mass is 9.95. The molecule has 4 aromatic rings. The second-order valence-electron chi connectivity index (χ2n) is 6.76. The monoisotopic (exact) mass is 398 g/mol. The predicted molar refractivity (Wildman–Crippen MR) is 103 cm³/mol. The highest BCUT2D eigenvalue weighted by Crippen LogP contribution is 2.34. The van der Waals surface area contributed by atoms with Crippen LogP contribution in [0.15, 0.2) is 66.0 Å². The number of rotatable bonds is 4. The van der Waals surface area contributed by atoms with Crippen molar-refractivity contribution in [3.63, 3.8) is 0 Å². The molecule has 4 rings (SSSR count). The van der Waals surface area contributed by atoms with Crippen LogP contribution in [-0.4, -0.2) is 19.7 Å². The maximum Gasteiger partial charge on any atom is 0.416 e. The number of halogens is 3. The van der Waals surface area contributed by atoms with Crippen LogP contribution in [0.2, 0.25) is 0 Å². The molecule has 0 saturated heterocycles. The van der Waals surface area contributed by atoms with Crippen molar-refractivity contribution < 1.29 is 13.2 Å². The van der Waals surface area contributed by atoms with E-state index >= 15 is 0 Å². The lowest BCUT2D eigenvalue weighted by Crippen LogP contribution is -2.14. The molecule has 1 atom stereocenters. The van der Waals surface area contributed by atoms with Gasteiger partial charge in [-0.05, 0) is 53.3 Å². The summed E-state index contributed by atoms with van der Waals surface area (Å²) in [6, 6.07) is 11.9. The van der Waals surface area contributed by atoms with Crippen LogP contribution in [-0.2, 0) is 12.6 Å². The molecule has 0 amide bonds. The Balaban J connectivity index is 1.89. The highest BCUT2D eigenvalue weighted by atomic mass is 19.4. The largest absolute Gasteiger partial charge is 0.416 e. The topological polar surface area (TPSA) is 63.6 Å². The molecule has 2 aromatic heterocycles. The minimum Gasteiger partial charge on any atom is -0.322 e. The van der Waals surface area contributed by atoms with Gasteiger partial charge in [0.2, 0.25) is 0 Å². The maximum absolute atomic E-state index is 13.2. The number of hydrogen-bond donors (Lipinski definition) is 1. The van der Waals surface area contributed by atoms with Crippen LogP contribution in [0.4, 0.5) is 13.2 Å². The van der Waals surface area contributed by atoms with Gasteiger partial charge in [0, 0.05) is 11.1 Å². The van der Waals surface area contributed by atoms with Crippen LogP contribution in [0.3, 0.4) is 0 Å². The molecular weight excluding hydrogens is 381 g/mol. The van der Waals surface area contributed by atoms with Crippen LogP contribution < -0.4 is 5.56 Å². The minimum absolute atomic E-state index is 0.138. The molecule has 2 aromatic carbocycles. The fraction of sp³-hybridized carbons (Fsp3) is 0.190. The molecule has 8 heteroatoms. The zero-order valence-corrected chi connectivity index (χ0v) is 15.4. The van der Waals surface area contributed by atoms with Crippen LogP contribution in [0, 0.1) is 0 Å². The summed E-state index contributed by atoms with van der Waals surface area (Å²) in [6.07, 6.45) is -0.913. The van der Waals surface area contributed by atoms with E-state index in [9.17, 15) is 18.0 Å². The summed E-state index contributed by atoms with van der Waals surface area (Å²) in [5.74, 6) is 0. The average Bonchev–Trinajstić information content (AvgIpc) is 3.21. The maximum atomic E-state index is 13.2. The number of fused-ring (bicyclic) bond motifs is 1. The molecule has 5 nitrogen and oxygen atoms in total. The first-order valence-electron chi connectivity index (χ1n) is 9.04. The van der Waals surface area contributed by atoms with E-state index in [1.54, 1.807) is 22.8 Å². The number of H-pyrrole nitrogens is 1. The van der Waals surface area contributed by atoms with Crippen molar-refractivity contribution in [1.29, 1.82) is 0 Å². The summed E-state index contributed by atoms with van der Waals surface area (Å²) in [6.45, 7) is 1.89. The number of hydrogen-bond acceptors (Lipinski definition) is 3. The number of nitrogens with one attached hydrogen (secondary N) is 1. The summed E-state index contributed by atoms with van der Waals surface area (Å²) in [5, 5.41) is 8.43. The fourth-order valence-electron chi connectivity index (χ4n) is 3.47. The normalized spacial score (nSPS) is 13.0. The van der Waals surface area contributed by atoms with Crippen molar-refractivity contribution in [2.45, 2.75) is 25.6 Å². The Morgan fingerprint density at radius 2 is 1.76 bits per heavy atom. The molecule has 0 aliphatic heterocycles. The Hall–Kier alpha value is -3.42. The van der Waals surface area contributed by atoms with Gasteiger partial charge in [0.05, 0.1) is 11.6 Å². The van der Waals surface area contributed by atoms with E-state index in [-0.39, 0.29) is 5.56 Å². The third kappa shape index (κ3) is 3.65. The number of aromatic nitrogens is 4. The first kappa shape index (κ1) is 18.9. The molecule has 0 bridgehead atoms. The Labute approximate surface area is 163 Å². The summed E-state index contributed by atoms with van der Waals surface area (Å²) < 4.78 is 41.4. The standard InChI is InChI=1S/C21H17F3N4O/c1-2-13-8-16-9-15(6-7-18(16)27-20(13)29)19(28-11-25-26-12-28)14-4-3-5-17(10-14)21(22,23)24/h3-12,19H,2H2,1H3,(H,27,29). The summed E-state index contributed by atoms with van der Waals surface area (Å²) >= 11 is 0. The summed E-state index contributed by atoms with van der Waals surface area (Å²) in [7, 11) is 0. The summed E-state index contributed by atoms with van der Waals surface area (Å²) in [5.41, 5.74) is 1.68. The fourth-order valence-corrected chi connectivity index (χ4v) is 3.47. The Morgan fingerprint density at radius 1 is 1.03 bits per heavy atom. The number of aryl methyl sites for hydroxylation is 1. The number of nitrogens with zero attached hydrogens (tertiary/aromatic N) is 3. The van der Waals surface area contributed by atoms with Crippen LogP contribution in [0.5, 0.6) is 0 Å². The van der Waals surface area contributed by atoms with E-state index < -0.39 is 17.8 Å². The van der Waals surface area contributed by atoms with E-state index in [0.29, 0.717) is 23.1 Å². The highest BCUT2D eigenvalue weighted by molar-refractivity contribution is 5.80. The molecule has 0 radical (unpaired) electrons. The van der Waals surface area contributed by atoms with Gasteiger partial charge in [-0.2, -0.15) is 13.2 Å². The lowest BCUT2D eigenvalue weighted by Gasteiger charge is -2.21. The number of pyridine rings is 1. The summed E-state index contributed by atoms with van der Waals surface area (Å²) in [4.78, 5) is 14.9. The predicted octanol–water partition coefficient (Wildman–Crippen LogP) is 4.34. The highest BCUT2D eigenvalue weighted by Gasteiger charge is 2.31. The van der Waals surface area contributed by atoms with Crippen LogP contribution >= 0.6 is 0 Å². The Morgan fingerprint density at radius 3 is 2.45 bits per heavy atom. The molecule has 0 spiro atoms. The molecular formula is C21H17F3N4O. The average molecular weight is 398 g/mol. The van der Waals surface area contributed by atoms with E-state index in [0.717, 1.165) is 23.1 Å². The molecule has 1 N–H and O–H groups in total. The van der Waals surface area contributed by atoms with Gasteiger partial charge in [-0.15, -0.1) is 10.2 Å². The van der Waals surface area contributed by atoms with Crippen LogP contribution in [0.25, 0.3) is 10.9 Å². The zero-order valence-electron chi connectivity index (χ0n) is 15.4. The van der Waals surface area contributed by atoms with Crippen molar-refractivity contribution in [1.82, 2.24) is 19.7 Å². The van der Waals surface area contributed by atoms with Gasteiger partial charge < -0.3 is 9.55 Å². The molecule has 148 valence electrons. The van der Waals surface area contributed by atoms with Gasteiger partial charge in [-0.25, -0.2) is 0 Å². The molecule has 0 aliphatic carbocycles. The minimum atomic E-state index is -4.44. The van der Waals surface area contributed by atoms with Crippen molar-refractivity contribution in [3.8, 4) is 0 Å². The molecule has 29 heavy (non-hydrogen) atoms. The quantitative estimate of drug-likeness (QED) is 0.556. The van der Waals surface area contributed by atoms with Crippen molar-refractivity contribution in [2.24, 2.45) is 0 Å². The number of alkyl halides is 3. The van der Waals surface area contributed by atoms with Gasteiger partial charge in [0.25, 0.3) is 5.56 Å². The molecule has 1 unspecified atom stereocenters. The number of benzene rings is 2. The van der Waals surface area contributed by atoms with E-state index in [1.165, 1.54) is 18.7 Å². The van der Waals surface area contributed by atoms with Gasteiger partial charge >= 0.3 is 6.18 Å². The molecule has 0 aliphatic rings. The van der Waals surface area contributed by atoms with Gasteiger partial charge in [0.1, 0.15) is 12.7 Å². The second-order valence-corrected chi connectivity index (χ2v) is 6.76. The Kier molecular flexibility index (Phi) is 4.70. The third-order valence-electron chi connectivity index (χ3n) is 4.91.